The zero-order valence-electron chi connectivity index (χ0n) is 11.1. The normalized spacial score (nSPS) is 14.7. The molecular weight excluding hydrogens is 258 g/mol. The van der Waals surface area contributed by atoms with E-state index in [1.807, 2.05) is 0 Å². The van der Waals surface area contributed by atoms with Crippen molar-refractivity contribution in [3.63, 3.8) is 0 Å². The van der Waals surface area contributed by atoms with Crippen LogP contribution in [-0.2, 0) is 7.05 Å². The van der Waals surface area contributed by atoms with Gasteiger partial charge in [0, 0.05) is 31.7 Å². The van der Waals surface area contributed by atoms with Crippen LogP contribution in [0.1, 0.15) is 29.6 Å². The van der Waals surface area contributed by atoms with E-state index in [1.165, 1.54) is 18.8 Å². The zero-order valence-corrected chi connectivity index (χ0v) is 11.1. The van der Waals surface area contributed by atoms with E-state index in [0.717, 1.165) is 12.8 Å². The number of hydrogen-bond acceptors (Lipinski definition) is 5. The Morgan fingerprint density at radius 1 is 1.40 bits per heavy atom. The van der Waals surface area contributed by atoms with E-state index < -0.39 is 0 Å². The van der Waals surface area contributed by atoms with Crippen LogP contribution in [-0.4, -0.2) is 31.8 Å². The van der Waals surface area contributed by atoms with Crippen LogP contribution in [0.2, 0.25) is 0 Å². The largest absolute Gasteiger partial charge is 0.460 e. The highest BCUT2D eigenvalue weighted by molar-refractivity contribution is 6.03. The van der Waals surface area contributed by atoms with Gasteiger partial charge < -0.3 is 10.1 Å². The Morgan fingerprint density at radius 2 is 2.15 bits per heavy atom. The van der Waals surface area contributed by atoms with Crippen molar-refractivity contribution in [1.29, 1.82) is 0 Å². The quantitative estimate of drug-likeness (QED) is 0.910. The first-order valence-corrected chi connectivity index (χ1v) is 6.50. The number of nitrogens with zero attached hydrogens (tertiary/aromatic N) is 4. The van der Waals surface area contributed by atoms with Crippen LogP contribution in [0, 0.1) is 0 Å². The minimum absolute atomic E-state index is 0.225. The Morgan fingerprint density at radius 3 is 2.70 bits per heavy atom. The molecule has 1 saturated carbocycles. The summed E-state index contributed by atoms with van der Waals surface area (Å²) >= 11 is 0. The molecule has 1 aliphatic rings. The van der Waals surface area contributed by atoms with Crippen LogP contribution in [0.5, 0.6) is 6.01 Å². The summed E-state index contributed by atoms with van der Waals surface area (Å²) in [5.74, 6) is 0.200. The minimum Gasteiger partial charge on any atom is -0.460 e. The van der Waals surface area contributed by atoms with Gasteiger partial charge in [0.15, 0.2) is 5.82 Å². The van der Waals surface area contributed by atoms with E-state index in [9.17, 15) is 4.79 Å². The molecule has 0 unspecified atom stereocenters. The van der Waals surface area contributed by atoms with E-state index in [1.54, 1.807) is 24.0 Å². The molecular formula is C13H15N5O2. The summed E-state index contributed by atoms with van der Waals surface area (Å²) in [5, 5.41) is 6.74. The number of hydrogen-bond donors (Lipinski definition) is 1. The molecule has 7 heteroatoms. The van der Waals surface area contributed by atoms with Crippen molar-refractivity contribution < 1.29 is 9.53 Å². The van der Waals surface area contributed by atoms with Crippen LogP contribution < -0.4 is 10.1 Å². The lowest BCUT2D eigenvalue weighted by Crippen LogP contribution is -2.25. The lowest BCUT2D eigenvalue weighted by atomic mass is 9.96. The molecule has 0 spiro atoms. The maximum Gasteiger partial charge on any atom is 0.316 e. The summed E-state index contributed by atoms with van der Waals surface area (Å²) in [5.41, 5.74) is 0.372. The molecule has 0 aliphatic heterocycles. The molecule has 1 fully saturated rings. The highest BCUT2D eigenvalue weighted by Crippen LogP contribution is 2.22. The molecule has 3 rings (SSSR count). The van der Waals surface area contributed by atoms with Gasteiger partial charge in [-0.1, -0.05) is 0 Å². The molecule has 0 radical (unpaired) electrons. The van der Waals surface area contributed by atoms with Crippen LogP contribution in [0.3, 0.4) is 0 Å². The monoisotopic (exact) mass is 273 g/mol. The summed E-state index contributed by atoms with van der Waals surface area (Å²) < 4.78 is 7.15. The van der Waals surface area contributed by atoms with E-state index in [4.69, 9.17) is 4.74 Å². The van der Waals surface area contributed by atoms with Gasteiger partial charge in [-0.25, -0.2) is 9.97 Å². The average Bonchev–Trinajstić information content (AvgIpc) is 2.80. The van der Waals surface area contributed by atoms with Crippen molar-refractivity contribution in [3.05, 3.63) is 30.2 Å². The maximum atomic E-state index is 11.9. The van der Waals surface area contributed by atoms with Crippen LogP contribution in [0.15, 0.2) is 24.7 Å². The van der Waals surface area contributed by atoms with Gasteiger partial charge in [-0.05, 0) is 19.3 Å². The smallest absolute Gasteiger partial charge is 0.316 e. The number of carbonyl (C=O) groups excluding carboxylic acids is 1. The number of carbonyl (C=O) groups is 1. The molecule has 0 saturated heterocycles. The lowest BCUT2D eigenvalue weighted by Gasteiger charge is -2.24. The molecule has 1 amide bonds. The topological polar surface area (TPSA) is 81.9 Å². The number of aryl methyl sites for hydroxylation is 1. The molecule has 2 aromatic rings. The number of ether oxygens (including phenoxy) is 1. The van der Waals surface area contributed by atoms with Crippen LogP contribution >= 0.6 is 0 Å². The SMILES string of the molecule is Cn1ccc(NC(=O)c2cnc(OC3CCC3)nc2)n1. The molecule has 0 bridgehead atoms. The number of aromatic nitrogens is 4. The lowest BCUT2D eigenvalue weighted by molar-refractivity contribution is 0.102. The van der Waals surface area contributed by atoms with Crippen LogP contribution in [0.4, 0.5) is 5.82 Å². The number of anilines is 1. The van der Waals surface area contributed by atoms with Gasteiger partial charge in [-0.15, -0.1) is 0 Å². The fourth-order valence-electron chi connectivity index (χ4n) is 1.80. The Bertz CT molecular complexity index is 603. The van der Waals surface area contributed by atoms with Crippen molar-refractivity contribution >= 4 is 11.7 Å². The van der Waals surface area contributed by atoms with E-state index in [0.29, 0.717) is 17.4 Å². The van der Waals surface area contributed by atoms with Gasteiger partial charge in [0.1, 0.15) is 6.10 Å². The second-order valence-corrected chi connectivity index (χ2v) is 4.75. The van der Waals surface area contributed by atoms with Gasteiger partial charge >= 0.3 is 6.01 Å². The Labute approximate surface area is 116 Å². The standard InChI is InChI=1S/C13H15N5O2/c1-18-6-5-11(17-18)16-12(19)9-7-14-13(15-8-9)20-10-3-2-4-10/h5-8,10H,2-4H2,1H3,(H,16,17,19). The predicted molar refractivity (Wildman–Crippen MR) is 71.5 cm³/mol. The second kappa shape index (κ2) is 5.28. The van der Waals surface area contributed by atoms with Crippen LogP contribution in [0.25, 0.3) is 0 Å². The van der Waals surface area contributed by atoms with E-state index in [2.05, 4.69) is 20.4 Å². The van der Waals surface area contributed by atoms with Crippen molar-refractivity contribution in [1.82, 2.24) is 19.7 Å². The third-order valence-corrected chi connectivity index (χ3v) is 3.17. The molecule has 1 aliphatic carbocycles. The highest BCUT2D eigenvalue weighted by Gasteiger charge is 2.20. The van der Waals surface area contributed by atoms with Crippen molar-refractivity contribution in [3.8, 4) is 6.01 Å². The molecule has 0 aromatic carbocycles. The predicted octanol–water partition coefficient (Wildman–Crippen LogP) is 1.39. The van der Waals surface area contributed by atoms with Gasteiger partial charge in [0.05, 0.1) is 5.56 Å². The van der Waals surface area contributed by atoms with Gasteiger partial charge in [-0.2, -0.15) is 5.10 Å². The third kappa shape index (κ3) is 2.76. The zero-order chi connectivity index (χ0) is 13.9. The van der Waals surface area contributed by atoms with Crippen molar-refractivity contribution in [2.75, 3.05) is 5.32 Å². The van der Waals surface area contributed by atoms with Gasteiger partial charge in [0.2, 0.25) is 0 Å². The minimum atomic E-state index is -0.293. The molecule has 1 N–H and O–H groups in total. The fraction of sp³-hybridized carbons (Fsp3) is 0.385. The Hall–Kier alpha value is -2.44. The van der Waals surface area contributed by atoms with E-state index >= 15 is 0 Å². The third-order valence-electron chi connectivity index (χ3n) is 3.17. The molecule has 2 aromatic heterocycles. The summed E-state index contributed by atoms with van der Waals surface area (Å²) in [6, 6.07) is 2.04. The van der Waals surface area contributed by atoms with Gasteiger partial charge in [-0.3, -0.25) is 9.48 Å². The first-order valence-electron chi connectivity index (χ1n) is 6.50. The highest BCUT2D eigenvalue weighted by atomic mass is 16.5. The average molecular weight is 273 g/mol. The Balaban J connectivity index is 1.62. The van der Waals surface area contributed by atoms with E-state index in [-0.39, 0.29) is 12.0 Å². The summed E-state index contributed by atoms with van der Waals surface area (Å²) in [7, 11) is 1.78. The first kappa shape index (κ1) is 12.6. The second-order valence-electron chi connectivity index (χ2n) is 4.75. The summed E-state index contributed by atoms with van der Waals surface area (Å²) in [6.07, 6.45) is 8.18. The van der Waals surface area contributed by atoms with Gasteiger partial charge in [0.25, 0.3) is 5.91 Å². The molecule has 20 heavy (non-hydrogen) atoms. The van der Waals surface area contributed by atoms with Crippen molar-refractivity contribution in [2.24, 2.45) is 7.05 Å². The van der Waals surface area contributed by atoms with Crippen molar-refractivity contribution in [2.45, 2.75) is 25.4 Å². The number of nitrogens with one attached hydrogen (secondary N) is 1. The number of rotatable bonds is 4. The Kier molecular flexibility index (Phi) is 3.32. The fourth-order valence-corrected chi connectivity index (χ4v) is 1.80. The molecule has 2 heterocycles. The summed E-state index contributed by atoms with van der Waals surface area (Å²) in [6.45, 7) is 0. The molecule has 104 valence electrons. The number of amides is 1. The molecule has 7 nitrogen and oxygen atoms in total. The maximum absolute atomic E-state index is 11.9. The summed E-state index contributed by atoms with van der Waals surface area (Å²) in [4.78, 5) is 20.0. The first-order chi connectivity index (χ1) is 9.70. The molecule has 0 atom stereocenters.